The molecule has 1 rings (SSSR count). The van der Waals surface area contributed by atoms with Crippen LogP contribution in [0.4, 0.5) is 0 Å². The van der Waals surface area contributed by atoms with Crippen molar-refractivity contribution in [2.24, 2.45) is 0 Å². The Morgan fingerprint density at radius 3 is 2.55 bits per heavy atom. The molecule has 0 radical (unpaired) electrons. The molecule has 2 nitrogen and oxygen atoms in total. The van der Waals surface area contributed by atoms with Crippen LogP contribution in [-0.2, 0) is 9.84 Å². The third kappa shape index (κ3) is 2.05. The van der Waals surface area contributed by atoms with Crippen molar-refractivity contribution in [3.05, 3.63) is 35.3 Å². The predicted molar refractivity (Wildman–Crippen MR) is 45.8 cm³/mol. The van der Waals surface area contributed by atoms with Crippen LogP contribution in [-0.4, -0.2) is 14.7 Å². The first-order valence-corrected chi connectivity index (χ1v) is 5.14. The Labute approximate surface area is 66.8 Å². The lowest BCUT2D eigenvalue weighted by molar-refractivity contribution is 0.606. The van der Waals surface area contributed by atoms with Gasteiger partial charge in [-0.05, 0) is 6.08 Å². The van der Waals surface area contributed by atoms with Gasteiger partial charge in [0.15, 0.2) is 9.84 Å². The van der Waals surface area contributed by atoms with Gasteiger partial charge in [0.2, 0.25) is 0 Å². The summed E-state index contributed by atoms with van der Waals surface area (Å²) in [6, 6.07) is 0. The molecule has 1 aliphatic carbocycles. The van der Waals surface area contributed by atoms with Crippen molar-refractivity contribution in [3.63, 3.8) is 0 Å². The molecule has 0 aromatic rings. The Morgan fingerprint density at radius 2 is 2.18 bits per heavy atom. The van der Waals surface area contributed by atoms with Crippen LogP contribution in [0.15, 0.2) is 35.3 Å². The van der Waals surface area contributed by atoms with E-state index in [1.807, 2.05) is 6.08 Å². The first-order chi connectivity index (χ1) is 5.00. The lowest BCUT2D eigenvalue weighted by Gasteiger charge is -2.07. The number of hydrogen-bond acceptors (Lipinski definition) is 2. The first kappa shape index (κ1) is 8.27. The Balaban J connectivity index is 3.01. The van der Waals surface area contributed by atoms with E-state index in [1.54, 1.807) is 12.2 Å². The van der Waals surface area contributed by atoms with Gasteiger partial charge in [-0.2, -0.15) is 0 Å². The van der Waals surface area contributed by atoms with Gasteiger partial charge in [0.1, 0.15) is 0 Å². The average molecular weight is 170 g/mol. The van der Waals surface area contributed by atoms with E-state index in [1.165, 1.54) is 6.26 Å². The fourth-order valence-electron chi connectivity index (χ4n) is 0.888. The third-order valence-electron chi connectivity index (χ3n) is 1.49. The SMILES string of the molecule is C=C1C=CC=C(S(C)(=O)=O)C1. The summed E-state index contributed by atoms with van der Waals surface area (Å²) in [7, 11) is -3.01. The molecule has 60 valence electrons. The van der Waals surface area contributed by atoms with Crippen LogP contribution in [0.3, 0.4) is 0 Å². The first-order valence-electron chi connectivity index (χ1n) is 3.25. The maximum atomic E-state index is 11.0. The summed E-state index contributed by atoms with van der Waals surface area (Å²) in [5.41, 5.74) is 0.841. The number of sulfone groups is 1. The van der Waals surface area contributed by atoms with Crippen LogP contribution < -0.4 is 0 Å². The van der Waals surface area contributed by atoms with Gasteiger partial charge in [-0.3, -0.25) is 0 Å². The molecule has 0 N–H and O–H groups in total. The van der Waals surface area contributed by atoms with Gasteiger partial charge >= 0.3 is 0 Å². The van der Waals surface area contributed by atoms with E-state index in [0.717, 1.165) is 5.57 Å². The van der Waals surface area contributed by atoms with Crippen molar-refractivity contribution in [1.82, 2.24) is 0 Å². The minimum Gasteiger partial charge on any atom is -0.224 e. The fraction of sp³-hybridized carbons (Fsp3) is 0.250. The monoisotopic (exact) mass is 170 g/mol. The molecule has 0 aromatic carbocycles. The fourth-order valence-corrected chi connectivity index (χ4v) is 1.66. The average Bonchev–Trinajstić information content (AvgIpc) is 1.86. The second kappa shape index (κ2) is 2.66. The van der Waals surface area contributed by atoms with Crippen LogP contribution >= 0.6 is 0 Å². The highest BCUT2D eigenvalue weighted by Gasteiger charge is 2.12. The molecule has 0 saturated heterocycles. The molecule has 0 saturated carbocycles. The molecule has 0 aromatic heterocycles. The van der Waals surface area contributed by atoms with Crippen molar-refractivity contribution >= 4 is 9.84 Å². The normalized spacial score (nSPS) is 18.3. The zero-order valence-electron chi connectivity index (χ0n) is 6.37. The van der Waals surface area contributed by atoms with Crippen LogP contribution in [0.25, 0.3) is 0 Å². The van der Waals surface area contributed by atoms with Crippen LogP contribution in [0.5, 0.6) is 0 Å². The zero-order chi connectivity index (χ0) is 8.48. The molecule has 11 heavy (non-hydrogen) atoms. The molecule has 1 aliphatic rings. The van der Waals surface area contributed by atoms with Crippen molar-refractivity contribution < 1.29 is 8.42 Å². The van der Waals surface area contributed by atoms with Crippen molar-refractivity contribution in [2.75, 3.05) is 6.26 Å². The van der Waals surface area contributed by atoms with Crippen LogP contribution in [0, 0.1) is 0 Å². The van der Waals surface area contributed by atoms with E-state index < -0.39 is 9.84 Å². The van der Waals surface area contributed by atoms with E-state index in [9.17, 15) is 8.42 Å². The summed E-state index contributed by atoms with van der Waals surface area (Å²) in [6.45, 7) is 3.69. The second-order valence-electron chi connectivity index (χ2n) is 2.60. The second-order valence-corrected chi connectivity index (χ2v) is 4.67. The van der Waals surface area contributed by atoms with Gasteiger partial charge in [0.25, 0.3) is 0 Å². The maximum absolute atomic E-state index is 11.0. The molecule has 0 heterocycles. The van der Waals surface area contributed by atoms with Gasteiger partial charge in [-0.25, -0.2) is 8.42 Å². The van der Waals surface area contributed by atoms with Gasteiger partial charge in [-0.15, -0.1) is 0 Å². The van der Waals surface area contributed by atoms with E-state index in [0.29, 0.717) is 11.3 Å². The largest absolute Gasteiger partial charge is 0.224 e. The summed E-state index contributed by atoms with van der Waals surface area (Å²) in [4.78, 5) is 0.449. The van der Waals surface area contributed by atoms with E-state index in [2.05, 4.69) is 6.58 Å². The topological polar surface area (TPSA) is 34.1 Å². The summed E-state index contributed by atoms with van der Waals surface area (Å²) in [5.74, 6) is 0. The summed E-state index contributed by atoms with van der Waals surface area (Å²) in [5, 5.41) is 0. The minimum atomic E-state index is -3.01. The maximum Gasteiger partial charge on any atom is 0.172 e. The molecule has 0 aliphatic heterocycles. The number of rotatable bonds is 1. The van der Waals surface area contributed by atoms with Gasteiger partial charge in [0, 0.05) is 17.6 Å². The van der Waals surface area contributed by atoms with Gasteiger partial charge in [-0.1, -0.05) is 24.3 Å². The van der Waals surface area contributed by atoms with Crippen molar-refractivity contribution in [2.45, 2.75) is 6.42 Å². The Morgan fingerprint density at radius 1 is 1.55 bits per heavy atom. The van der Waals surface area contributed by atoms with Crippen LogP contribution in [0.2, 0.25) is 0 Å². The van der Waals surface area contributed by atoms with Gasteiger partial charge < -0.3 is 0 Å². The highest BCUT2D eigenvalue weighted by Crippen LogP contribution is 2.19. The molecule has 0 atom stereocenters. The standard InChI is InChI=1S/C8H10O2S/c1-7-4-3-5-8(6-7)11(2,9)10/h3-5H,1,6H2,2H3. The van der Waals surface area contributed by atoms with E-state index in [-0.39, 0.29) is 0 Å². The predicted octanol–water partition coefficient (Wildman–Crippen LogP) is 1.43. The lowest BCUT2D eigenvalue weighted by Crippen LogP contribution is -2.03. The van der Waals surface area contributed by atoms with Gasteiger partial charge in [0.05, 0.1) is 0 Å². The smallest absolute Gasteiger partial charge is 0.172 e. The lowest BCUT2D eigenvalue weighted by atomic mass is 10.1. The molecular formula is C8H10O2S. The zero-order valence-corrected chi connectivity index (χ0v) is 7.19. The minimum absolute atomic E-state index is 0.449. The van der Waals surface area contributed by atoms with E-state index >= 15 is 0 Å². The molecule has 0 bridgehead atoms. The molecule has 3 heteroatoms. The molecular weight excluding hydrogens is 160 g/mol. The Hall–Kier alpha value is -0.830. The Kier molecular flexibility index (Phi) is 2.00. The van der Waals surface area contributed by atoms with Crippen molar-refractivity contribution in [1.29, 1.82) is 0 Å². The Bertz CT molecular complexity index is 331. The number of allylic oxidation sites excluding steroid dienone is 5. The molecule has 0 amide bonds. The summed E-state index contributed by atoms with van der Waals surface area (Å²) >= 11 is 0. The highest BCUT2D eigenvalue weighted by molar-refractivity contribution is 7.94. The molecule has 0 spiro atoms. The summed E-state index contributed by atoms with van der Waals surface area (Å²) in [6.07, 6.45) is 6.81. The third-order valence-corrected chi connectivity index (χ3v) is 2.72. The van der Waals surface area contributed by atoms with Crippen molar-refractivity contribution in [3.8, 4) is 0 Å². The molecule has 0 fully saturated rings. The van der Waals surface area contributed by atoms with E-state index in [4.69, 9.17) is 0 Å². The molecule has 0 unspecified atom stereocenters. The van der Waals surface area contributed by atoms with Crippen LogP contribution in [0.1, 0.15) is 6.42 Å². The summed E-state index contributed by atoms with van der Waals surface area (Å²) < 4.78 is 22.0. The quantitative estimate of drug-likeness (QED) is 0.596. The number of hydrogen-bond donors (Lipinski definition) is 0. The highest BCUT2D eigenvalue weighted by atomic mass is 32.2.